The van der Waals surface area contributed by atoms with Crippen LogP contribution in [0.1, 0.15) is 40.5 Å². The van der Waals surface area contributed by atoms with E-state index in [0.717, 1.165) is 6.42 Å². The van der Waals surface area contributed by atoms with Crippen LogP contribution < -0.4 is 5.73 Å². The van der Waals surface area contributed by atoms with E-state index >= 15 is 0 Å². The lowest BCUT2D eigenvalue weighted by Gasteiger charge is -2.19. The van der Waals surface area contributed by atoms with E-state index in [2.05, 4.69) is 0 Å². The molecule has 1 atom stereocenters. The first-order chi connectivity index (χ1) is 12.8. The summed E-state index contributed by atoms with van der Waals surface area (Å²) in [6, 6.07) is 0.172. The van der Waals surface area contributed by atoms with Crippen LogP contribution in [0.2, 0.25) is 0 Å². The van der Waals surface area contributed by atoms with Crippen LogP contribution in [-0.4, -0.2) is 83.7 Å². The highest BCUT2D eigenvalue weighted by molar-refractivity contribution is 5.69. The normalized spacial score (nSPS) is 12.9. The van der Waals surface area contributed by atoms with Gasteiger partial charge in [-0.2, -0.15) is 0 Å². The molecular weight excluding hydrogens is 354 g/mol. The molecule has 0 amide bonds. The monoisotopic (exact) mass is 393 g/mol. The van der Waals surface area contributed by atoms with E-state index in [4.69, 9.17) is 34.2 Å². The molecular formula is C19H39NO7. The first-order valence-electron chi connectivity index (χ1n) is 9.67. The first kappa shape index (κ1) is 26.2. The molecule has 0 spiro atoms. The summed E-state index contributed by atoms with van der Waals surface area (Å²) in [5, 5.41) is 0. The first-order valence-corrected chi connectivity index (χ1v) is 9.67. The Hall–Kier alpha value is -0.770. The van der Waals surface area contributed by atoms with Crippen LogP contribution in [0.5, 0.6) is 0 Å². The Morgan fingerprint density at radius 3 is 1.48 bits per heavy atom. The largest absolute Gasteiger partial charge is 0.460 e. The van der Waals surface area contributed by atoms with Gasteiger partial charge in [-0.15, -0.1) is 0 Å². The highest BCUT2D eigenvalue weighted by Crippen LogP contribution is 2.07. The molecule has 0 rings (SSSR count). The molecule has 0 bridgehead atoms. The van der Waals surface area contributed by atoms with Crippen molar-refractivity contribution in [3.8, 4) is 0 Å². The minimum atomic E-state index is -0.456. The summed E-state index contributed by atoms with van der Waals surface area (Å²) in [6.07, 6.45) is 1.11. The third kappa shape index (κ3) is 23.2. The molecule has 0 aromatic heterocycles. The number of hydrogen-bond donors (Lipinski definition) is 1. The van der Waals surface area contributed by atoms with E-state index in [1.807, 2.05) is 27.7 Å². The predicted molar refractivity (Wildman–Crippen MR) is 103 cm³/mol. The Labute approximate surface area is 163 Å². The molecule has 27 heavy (non-hydrogen) atoms. The minimum absolute atomic E-state index is 0.172. The van der Waals surface area contributed by atoms with Crippen LogP contribution in [0.25, 0.3) is 0 Å². The van der Waals surface area contributed by atoms with Crippen molar-refractivity contribution in [3.63, 3.8) is 0 Å². The van der Waals surface area contributed by atoms with Gasteiger partial charge in [-0.25, -0.2) is 0 Å². The molecule has 0 radical (unpaired) electrons. The van der Waals surface area contributed by atoms with Gasteiger partial charge in [0.15, 0.2) is 0 Å². The fourth-order valence-corrected chi connectivity index (χ4v) is 1.80. The van der Waals surface area contributed by atoms with E-state index in [1.54, 1.807) is 0 Å². The van der Waals surface area contributed by atoms with Crippen molar-refractivity contribution in [1.29, 1.82) is 0 Å². The molecule has 0 aliphatic rings. The van der Waals surface area contributed by atoms with E-state index < -0.39 is 5.60 Å². The average Bonchev–Trinajstić information content (AvgIpc) is 2.55. The molecule has 0 heterocycles. The third-order valence-corrected chi connectivity index (χ3v) is 3.08. The van der Waals surface area contributed by atoms with Crippen LogP contribution in [0.4, 0.5) is 0 Å². The zero-order valence-corrected chi connectivity index (χ0v) is 17.5. The van der Waals surface area contributed by atoms with Gasteiger partial charge in [-0.05, 0) is 34.1 Å². The van der Waals surface area contributed by atoms with Crippen molar-refractivity contribution >= 4 is 5.97 Å². The van der Waals surface area contributed by atoms with Crippen molar-refractivity contribution in [2.75, 3.05) is 66.1 Å². The number of ether oxygens (including phenoxy) is 6. The van der Waals surface area contributed by atoms with Gasteiger partial charge in [-0.3, -0.25) is 4.79 Å². The highest BCUT2D eigenvalue weighted by Gasteiger charge is 2.15. The Morgan fingerprint density at radius 1 is 0.741 bits per heavy atom. The number of hydrogen-bond acceptors (Lipinski definition) is 8. The fraction of sp³-hybridized carbons (Fsp3) is 0.947. The molecule has 0 saturated carbocycles. The van der Waals surface area contributed by atoms with Gasteiger partial charge < -0.3 is 34.2 Å². The lowest BCUT2D eigenvalue weighted by atomic mass is 10.2. The van der Waals surface area contributed by atoms with Crippen LogP contribution >= 0.6 is 0 Å². The Kier molecular flexibility index (Phi) is 16.8. The van der Waals surface area contributed by atoms with Crippen LogP contribution in [0.15, 0.2) is 0 Å². The van der Waals surface area contributed by atoms with E-state index in [9.17, 15) is 4.79 Å². The zero-order chi connectivity index (χ0) is 20.4. The lowest BCUT2D eigenvalue weighted by molar-refractivity contribution is -0.156. The van der Waals surface area contributed by atoms with Gasteiger partial charge in [0.05, 0.1) is 65.9 Å². The summed E-state index contributed by atoms with van der Waals surface area (Å²) in [6.45, 7) is 12.6. The molecule has 8 nitrogen and oxygen atoms in total. The predicted octanol–water partition coefficient (Wildman–Crippen LogP) is 1.54. The second-order valence-corrected chi connectivity index (χ2v) is 7.16. The SMILES string of the molecule is CC(N)CCOCCOCCOCCOCCOCCC(=O)OC(C)(C)C. The third-order valence-electron chi connectivity index (χ3n) is 3.08. The van der Waals surface area contributed by atoms with Gasteiger partial charge in [0.2, 0.25) is 0 Å². The van der Waals surface area contributed by atoms with E-state index in [-0.39, 0.29) is 18.4 Å². The zero-order valence-electron chi connectivity index (χ0n) is 17.5. The maximum atomic E-state index is 11.5. The Bertz CT molecular complexity index is 345. The quantitative estimate of drug-likeness (QED) is 0.277. The summed E-state index contributed by atoms with van der Waals surface area (Å²) >= 11 is 0. The fourth-order valence-electron chi connectivity index (χ4n) is 1.80. The number of nitrogens with two attached hydrogens (primary N) is 1. The van der Waals surface area contributed by atoms with Crippen LogP contribution in [-0.2, 0) is 33.2 Å². The number of esters is 1. The standard InChI is InChI=1S/C19H39NO7/c1-17(20)5-7-22-9-11-24-13-15-26-16-14-25-12-10-23-8-6-18(21)27-19(2,3)4/h17H,5-16,20H2,1-4H3. The average molecular weight is 394 g/mol. The van der Waals surface area contributed by atoms with Crippen LogP contribution in [0, 0.1) is 0 Å². The van der Waals surface area contributed by atoms with Gasteiger partial charge in [-0.1, -0.05) is 0 Å². The molecule has 0 aliphatic carbocycles. The molecule has 0 aliphatic heterocycles. The molecule has 2 N–H and O–H groups in total. The van der Waals surface area contributed by atoms with Crippen molar-refractivity contribution in [2.24, 2.45) is 5.73 Å². The van der Waals surface area contributed by atoms with Gasteiger partial charge >= 0.3 is 5.97 Å². The van der Waals surface area contributed by atoms with Gasteiger partial charge in [0.25, 0.3) is 0 Å². The molecule has 0 aromatic rings. The molecule has 0 fully saturated rings. The summed E-state index contributed by atoms with van der Waals surface area (Å²) in [5.74, 6) is -0.254. The molecule has 162 valence electrons. The summed E-state index contributed by atoms with van der Waals surface area (Å²) in [4.78, 5) is 11.5. The topological polar surface area (TPSA) is 98.5 Å². The van der Waals surface area contributed by atoms with Gasteiger partial charge in [0, 0.05) is 12.6 Å². The molecule has 0 aromatic carbocycles. The molecule has 1 unspecified atom stereocenters. The van der Waals surface area contributed by atoms with Crippen LogP contribution in [0.3, 0.4) is 0 Å². The maximum absolute atomic E-state index is 11.5. The van der Waals surface area contributed by atoms with Crippen molar-refractivity contribution in [1.82, 2.24) is 0 Å². The smallest absolute Gasteiger partial charge is 0.308 e. The maximum Gasteiger partial charge on any atom is 0.308 e. The van der Waals surface area contributed by atoms with Crippen molar-refractivity contribution in [3.05, 3.63) is 0 Å². The molecule has 0 saturated heterocycles. The molecule has 8 heteroatoms. The van der Waals surface area contributed by atoms with E-state index in [0.29, 0.717) is 66.1 Å². The summed E-state index contributed by atoms with van der Waals surface area (Å²) in [7, 11) is 0. The number of carbonyl (C=O) groups excluding carboxylic acids is 1. The van der Waals surface area contributed by atoms with Gasteiger partial charge in [0.1, 0.15) is 5.60 Å². The number of rotatable bonds is 18. The lowest BCUT2D eigenvalue weighted by Crippen LogP contribution is -2.24. The Balaban J connectivity index is 3.14. The highest BCUT2D eigenvalue weighted by atomic mass is 16.6. The van der Waals surface area contributed by atoms with Crippen molar-refractivity contribution < 1.29 is 33.2 Å². The second kappa shape index (κ2) is 17.3. The minimum Gasteiger partial charge on any atom is -0.460 e. The second-order valence-electron chi connectivity index (χ2n) is 7.16. The summed E-state index contributed by atoms with van der Waals surface area (Å²) in [5.41, 5.74) is 5.16. The van der Waals surface area contributed by atoms with E-state index in [1.165, 1.54) is 0 Å². The Morgan fingerprint density at radius 2 is 1.11 bits per heavy atom. The number of carbonyl (C=O) groups is 1. The summed E-state index contributed by atoms with van der Waals surface area (Å²) < 4.78 is 32.0. The van der Waals surface area contributed by atoms with Crippen molar-refractivity contribution in [2.45, 2.75) is 52.2 Å².